The van der Waals surface area contributed by atoms with Gasteiger partial charge in [0.1, 0.15) is 17.3 Å². The average molecular weight is 281 g/mol. The largest absolute Gasteiger partial charge is 0.457 e. The predicted octanol–water partition coefficient (Wildman–Crippen LogP) is 4.07. The highest BCUT2D eigenvalue weighted by Gasteiger charge is 2.08. The second-order valence-electron chi connectivity index (χ2n) is 3.61. The molecule has 3 N–H and O–H groups in total. The molecular weight excluding hydrogens is 271 g/mol. The third-order valence-corrected chi connectivity index (χ3v) is 2.76. The minimum Gasteiger partial charge on any atom is -0.457 e. The van der Waals surface area contributed by atoms with Gasteiger partial charge in [-0.1, -0.05) is 23.2 Å². The van der Waals surface area contributed by atoms with Gasteiger partial charge in [0.15, 0.2) is 0 Å². The van der Waals surface area contributed by atoms with Crippen LogP contribution in [0.15, 0.2) is 42.5 Å². The highest BCUT2D eigenvalue weighted by molar-refractivity contribution is 6.31. The number of benzene rings is 2. The molecular formula is C13H10Cl2N2O. The van der Waals surface area contributed by atoms with Crippen LogP contribution in [-0.2, 0) is 0 Å². The fourth-order valence-corrected chi connectivity index (χ4v) is 1.73. The van der Waals surface area contributed by atoms with E-state index >= 15 is 0 Å². The molecule has 0 saturated carbocycles. The van der Waals surface area contributed by atoms with Gasteiger partial charge in [0.05, 0.1) is 5.56 Å². The Labute approximate surface area is 115 Å². The van der Waals surface area contributed by atoms with Crippen LogP contribution in [0.1, 0.15) is 5.56 Å². The van der Waals surface area contributed by atoms with E-state index in [9.17, 15) is 0 Å². The molecule has 3 nitrogen and oxygen atoms in total. The molecule has 18 heavy (non-hydrogen) atoms. The van der Waals surface area contributed by atoms with E-state index in [1.165, 1.54) is 0 Å². The zero-order valence-electron chi connectivity index (χ0n) is 9.28. The summed E-state index contributed by atoms with van der Waals surface area (Å²) in [7, 11) is 0. The molecule has 92 valence electrons. The summed E-state index contributed by atoms with van der Waals surface area (Å²) in [6, 6.07) is 11.9. The second-order valence-corrected chi connectivity index (χ2v) is 4.48. The molecule has 2 aromatic rings. The first kappa shape index (κ1) is 12.7. The van der Waals surface area contributed by atoms with E-state index in [0.717, 1.165) is 0 Å². The predicted molar refractivity (Wildman–Crippen MR) is 74.0 cm³/mol. The molecule has 2 rings (SSSR count). The SMILES string of the molecule is N=C(N)c1cc(Cl)ccc1Oc1ccc(Cl)cc1. The summed E-state index contributed by atoms with van der Waals surface area (Å²) in [6.07, 6.45) is 0. The van der Waals surface area contributed by atoms with Gasteiger partial charge in [-0.15, -0.1) is 0 Å². The molecule has 0 aliphatic carbocycles. The van der Waals surface area contributed by atoms with E-state index in [1.807, 2.05) is 0 Å². The maximum Gasteiger partial charge on any atom is 0.138 e. The average Bonchev–Trinajstić information content (AvgIpc) is 2.34. The lowest BCUT2D eigenvalue weighted by atomic mass is 10.2. The first-order valence-electron chi connectivity index (χ1n) is 5.13. The lowest BCUT2D eigenvalue weighted by Crippen LogP contribution is -2.12. The molecule has 0 aromatic heterocycles. The van der Waals surface area contributed by atoms with E-state index in [-0.39, 0.29) is 5.84 Å². The molecule has 0 bridgehead atoms. The summed E-state index contributed by atoms with van der Waals surface area (Å²) in [6.45, 7) is 0. The van der Waals surface area contributed by atoms with E-state index < -0.39 is 0 Å². The van der Waals surface area contributed by atoms with Gasteiger partial charge < -0.3 is 10.5 Å². The van der Waals surface area contributed by atoms with Gasteiger partial charge in [-0.25, -0.2) is 0 Å². The van der Waals surface area contributed by atoms with Crippen LogP contribution in [-0.4, -0.2) is 5.84 Å². The molecule has 0 heterocycles. The van der Waals surface area contributed by atoms with Crippen molar-refractivity contribution in [2.75, 3.05) is 0 Å². The highest BCUT2D eigenvalue weighted by atomic mass is 35.5. The number of rotatable bonds is 3. The van der Waals surface area contributed by atoms with Crippen molar-refractivity contribution in [3.8, 4) is 11.5 Å². The number of amidine groups is 1. The van der Waals surface area contributed by atoms with Crippen molar-refractivity contribution in [3.63, 3.8) is 0 Å². The molecule has 2 aromatic carbocycles. The quantitative estimate of drug-likeness (QED) is 0.658. The summed E-state index contributed by atoms with van der Waals surface area (Å²) in [4.78, 5) is 0. The van der Waals surface area contributed by atoms with Crippen LogP contribution >= 0.6 is 23.2 Å². The molecule has 0 unspecified atom stereocenters. The van der Waals surface area contributed by atoms with E-state index in [2.05, 4.69) is 0 Å². The van der Waals surface area contributed by atoms with Gasteiger partial charge in [0, 0.05) is 10.0 Å². The third kappa shape index (κ3) is 2.94. The standard InChI is InChI=1S/C13H10Cl2N2O/c14-8-1-4-10(5-2-8)18-12-6-3-9(15)7-11(12)13(16)17/h1-7H,(H3,16,17). The molecule has 0 radical (unpaired) electrons. The number of hydrogen-bond acceptors (Lipinski definition) is 2. The van der Waals surface area contributed by atoms with Crippen LogP contribution in [0.4, 0.5) is 0 Å². The maximum atomic E-state index is 7.49. The van der Waals surface area contributed by atoms with Gasteiger partial charge in [0.2, 0.25) is 0 Å². The molecule has 0 atom stereocenters. The zero-order chi connectivity index (χ0) is 13.1. The van der Waals surface area contributed by atoms with Crippen molar-refractivity contribution in [1.29, 1.82) is 5.41 Å². The Bertz CT molecular complexity index is 582. The topological polar surface area (TPSA) is 59.1 Å². The Kier molecular flexibility index (Phi) is 3.75. The molecule has 0 amide bonds. The Morgan fingerprint density at radius 2 is 1.61 bits per heavy atom. The smallest absolute Gasteiger partial charge is 0.138 e. The molecule has 0 aliphatic rings. The molecule has 0 saturated heterocycles. The van der Waals surface area contributed by atoms with E-state index in [0.29, 0.717) is 27.1 Å². The third-order valence-electron chi connectivity index (χ3n) is 2.27. The Morgan fingerprint density at radius 1 is 1.00 bits per heavy atom. The lowest BCUT2D eigenvalue weighted by molar-refractivity contribution is 0.481. The van der Waals surface area contributed by atoms with Gasteiger partial charge in [-0.05, 0) is 42.5 Å². The Balaban J connectivity index is 2.34. The van der Waals surface area contributed by atoms with Crippen molar-refractivity contribution >= 4 is 29.0 Å². The normalized spacial score (nSPS) is 10.1. The molecule has 5 heteroatoms. The van der Waals surface area contributed by atoms with Crippen LogP contribution < -0.4 is 10.5 Å². The minimum atomic E-state index is -0.0959. The minimum absolute atomic E-state index is 0.0959. The summed E-state index contributed by atoms with van der Waals surface area (Å²) < 4.78 is 5.64. The summed E-state index contributed by atoms with van der Waals surface area (Å²) in [5.74, 6) is 1.000. The van der Waals surface area contributed by atoms with Crippen molar-refractivity contribution < 1.29 is 4.74 Å². The Morgan fingerprint density at radius 3 is 2.22 bits per heavy atom. The van der Waals surface area contributed by atoms with Crippen LogP contribution in [0.25, 0.3) is 0 Å². The fourth-order valence-electron chi connectivity index (χ4n) is 1.43. The summed E-state index contributed by atoms with van der Waals surface area (Å²) in [5.41, 5.74) is 5.94. The number of nitrogens with one attached hydrogen (secondary N) is 1. The number of nitrogen functional groups attached to an aromatic ring is 1. The van der Waals surface area contributed by atoms with Gasteiger partial charge in [0.25, 0.3) is 0 Å². The van der Waals surface area contributed by atoms with Crippen molar-refractivity contribution in [2.24, 2.45) is 5.73 Å². The maximum absolute atomic E-state index is 7.49. The second kappa shape index (κ2) is 5.29. The van der Waals surface area contributed by atoms with Gasteiger partial charge in [-0.3, -0.25) is 5.41 Å². The molecule has 0 aliphatic heterocycles. The van der Waals surface area contributed by atoms with Crippen molar-refractivity contribution in [3.05, 3.63) is 58.1 Å². The van der Waals surface area contributed by atoms with E-state index in [1.54, 1.807) is 42.5 Å². The monoisotopic (exact) mass is 280 g/mol. The number of nitrogens with two attached hydrogens (primary N) is 1. The van der Waals surface area contributed by atoms with Gasteiger partial charge in [-0.2, -0.15) is 0 Å². The first-order valence-corrected chi connectivity index (χ1v) is 5.89. The lowest BCUT2D eigenvalue weighted by Gasteiger charge is -2.10. The number of ether oxygens (including phenoxy) is 1. The highest BCUT2D eigenvalue weighted by Crippen LogP contribution is 2.28. The van der Waals surface area contributed by atoms with Gasteiger partial charge >= 0.3 is 0 Å². The van der Waals surface area contributed by atoms with Crippen molar-refractivity contribution in [1.82, 2.24) is 0 Å². The first-order chi connectivity index (χ1) is 8.56. The molecule has 0 fully saturated rings. The zero-order valence-corrected chi connectivity index (χ0v) is 10.8. The van der Waals surface area contributed by atoms with Crippen LogP contribution in [0, 0.1) is 5.41 Å². The summed E-state index contributed by atoms with van der Waals surface area (Å²) >= 11 is 11.6. The van der Waals surface area contributed by atoms with Crippen LogP contribution in [0.5, 0.6) is 11.5 Å². The van der Waals surface area contributed by atoms with Crippen LogP contribution in [0.2, 0.25) is 10.0 Å². The molecule has 0 spiro atoms. The Hall–Kier alpha value is -1.71. The fraction of sp³-hybridized carbons (Fsp3) is 0. The van der Waals surface area contributed by atoms with Crippen molar-refractivity contribution in [2.45, 2.75) is 0 Å². The number of hydrogen-bond donors (Lipinski definition) is 2. The number of halogens is 2. The van der Waals surface area contributed by atoms with E-state index in [4.69, 9.17) is 39.1 Å². The summed E-state index contributed by atoms with van der Waals surface area (Å²) in [5, 5.41) is 8.62. The van der Waals surface area contributed by atoms with Crippen LogP contribution in [0.3, 0.4) is 0 Å².